The first-order valence-electron chi connectivity index (χ1n) is 14.7. The lowest BCUT2D eigenvalue weighted by Crippen LogP contribution is -2.48. The van der Waals surface area contributed by atoms with Crippen LogP contribution in [0.2, 0.25) is 0 Å². The summed E-state index contributed by atoms with van der Waals surface area (Å²) in [5, 5.41) is 5.94. The molecule has 1 aromatic rings. The minimum Gasteiger partial charge on any atom is -0.466 e. The molecule has 2 rings (SSSR count). The molecule has 1 aromatic carbocycles. The summed E-state index contributed by atoms with van der Waals surface area (Å²) in [5.74, 6) is -0.490. The Morgan fingerprint density at radius 3 is 2.13 bits per heavy atom. The number of ether oxygens (including phenoxy) is 1. The number of hydrogen-bond acceptors (Lipinski definition) is 4. The van der Waals surface area contributed by atoms with Gasteiger partial charge in [-0.15, -0.1) is 0 Å². The van der Waals surface area contributed by atoms with Crippen LogP contribution in [0.15, 0.2) is 35.5 Å². The van der Waals surface area contributed by atoms with E-state index < -0.39 is 12.0 Å². The number of carbonyl (C=O) groups is 3. The number of rotatable bonds is 18. The molecular weight excluding hydrogens is 478 g/mol. The zero-order valence-electron chi connectivity index (χ0n) is 24.1. The fourth-order valence-electron chi connectivity index (χ4n) is 4.96. The molecule has 38 heavy (non-hydrogen) atoms. The second-order valence-corrected chi connectivity index (χ2v) is 10.3. The molecule has 0 saturated carbocycles. The molecule has 0 aliphatic carbocycles. The predicted octanol–water partition coefficient (Wildman–Crippen LogP) is 7.64. The molecular formula is C31H49N3O4. The third kappa shape index (κ3) is 10.1. The molecule has 0 saturated heterocycles. The molecule has 1 aliphatic heterocycles. The summed E-state index contributed by atoms with van der Waals surface area (Å²) in [6, 6.07) is 6.45. The fraction of sp³-hybridized carbons (Fsp3) is 0.645. The van der Waals surface area contributed by atoms with Crippen molar-refractivity contribution in [2.75, 3.05) is 19.0 Å². The third-order valence-electron chi connectivity index (χ3n) is 7.25. The number of methoxy groups -OCH3 is 1. The Morgan fingerprint density at radius 2 is 1.53 bits per heavy atom. The van der Waals surface area contributed by atoms with E-state index in [0.717, 1.165) is 31.2 Å². The van der Waals surface area contributed by atoms with Crippen molar-refractivity contribution in [3.8, 4) is 0 Å². The average molecular weight is 528 g/mol. The van der Waals surface area contributed by atoms with Crippen LogP contribution < -0.4 is 10.6 Å². The van der Waals surface area contributed by atoms with Gasteiger partial charge in [-0.1, -0.05) is 96.6 Å². The second kappa shape index (κ2) is 17.6. The van der Waals surface area contributed by atoms with E-state index in [1.165, 1.54) is 64.9 Å². The highest BCUT2D eigenvalue weighted by molar-refractivity contribution is 5.95. The Labute approximate surface area is 229 Å². The largest absolute Gasteiger partial charge is 0.466 e. The SMILES string of the molecule is CCCCCCCCCCCCCC(=O)Nc1cccc(C2NC(=O)N(CCCC)C(C)=C2C(=O)OC)c1. The van der Waals surface area contributed by atoms with Gasteiger partial charge in [0.25, 0.3) is 0 Å². The monoisotopic (exact) mass is 527 g/mol. The van der Waals surface area contributed by atoms with E-state index in [1.54, 1.807) is 11.8 Å². The first kappa shape index (κ1) is 31.4. The van der Waals surface area contributed by atoms with E-state index in [4.69, 9.17) is 4.74 Å². The summed E-state index contributed by atoms with van der Waals surface area (Å²) >= 11 is 0. The van der Waals surface area contributed by atoms with Crippen LogP contribution in [0.25, 0.3) is 0 Å². The van der Waals surface area contributed by atoms with Crippen LogP contribution in [-0.2, 0) is 14.3 Å². The van der Waals surface area contributed by atoms with Gasteiger partial charge in [0.05, 0.1) is 18.7 Å². The Hall–Kier alpha value is -2.83. The van der Waals surface area contributed by atoms with Crippen molar-refractivity contribution in [3.05, 3.63) is 41.1 Å². The highest BCUT2D eigenvalue weighted by atomic mass is 16.5. The molecule has 0 aromatic heterocycles. The molecule has 1 unspecified atom stereocenters. The van der Waals surface area contributed by atoms with E-state index in [2.05, 4.69) is 24.5 Å². The summed E-state index contributed by atoms with van der Waals surface area (Å²) in [4.78, 5) is 39.7. The van der Waals surface area contributed by atoms with Crippen LogP contribution in [0.4, 0.5) is 10.5 Å². The Balaban J connectivity index is 1.88. The molecule has 1 atom stereocenters. The van der Waals surface area contributed by atoms with Gasteiger partial charge in [-0.25, -0.2) is 9.59 Å². The van der Waals surface area contributed by atoms with Gasteiger partial charge in [0.15, 0.2) is 0 Å². The zero-order valence-corrected chi connectivity index (χ0v) is 24.1. The van der Waals surface area contributed by atoms with Crippen molar-refractivity contribution in [1.29, 1.82) is 0 Å². The van der Waals surface area contributed by atoms with E-state index in [-0.39, 0.29) is 11.9 Å². The van der Waals surface area contributed by atoms with Gasteiger partial charge in [0.2, 0.25) is 5.91 Å². The molecule has 0 fully saturated rings. The third-order valence-corrected chi connectivity index (χ3v) is 7.25. The number of amides is 3. The number of nitrogens with one attached hydrogen (secondary N) is 2. The summed E-state index contributed by atoms with van der Waals surface area (Å²) in [6.45, 7) is 6.63. The van der Waals surface area contributed by atoms with Crippen molar-refractivity contribution in [2.45, 2.75) is 117 Å². The molecule has 0 bridgehead atoms. The lowest BCUT2D eigenvalue weighted by Gasteiger charge is -2.35. The molecule has 7 nitrogen and oxygen atoms in total. The Morgan fingerprint density at radius 1 is 0.921 bits per heavy atom. The van der Waals surface area contributed by atoms with Crippen molar-refractivity contribution < 1.29 is 19.1 Å². The minimum absolute atomic E-state index is 0.0172. The van der Waals surface area contributed by atoms with E-state index >= 15 is 0 Å². The van der Waals surface area contributed by atoms with Crippen LogP contribution in [0.5, 0.6) is 0 Å². The normalized spacial score (nSPS) is 15.4. The number of anilines is 1. The lowest BCUT2D eigenvalue weighted by molar-refractivity contribution is -0.136. The number of allylic oxidation sites excluding steroid dienone is 1. The summed E-state index contributed by atoms with van der Waals surface area (Å²) < 4.78 is 5.06. The number of unbranched alkanes of at least 4 members (excludes halogenated alkanes) is 11. The van der Waals surface area contributed by atoms with Crippen molar-refractivity contribution in [3.63, 3.8) is 0 Å². The molecule has 212 valence electrons. The topological polar surface area (TPSA) is 87.7 Å². The zero-order chi connectivity index (χ0) is 27.8. The Kier molecular flexibility index (Phi) is 14.6. The molecule has 7 heteroatoms. The second-order valence-electron chi connectivity index (χ2n) is 10.3. The predicted molar refractivity (Wildman–Crippen MR) is 154 cm³/mol. The van der Waals surface area contributed by atoms with Crippen molar-refractivity contribution in [1.82, 2.24) is 10.2 Å². The van der Waals surface area contributed by atoms with Crippen molar-refractivity contribution >= 4 is 23.6 Å². The molecule has 1 aliphatic rings. The van der Waals surface area contributed by atoms with Gasteiger partial charge in [0.1, 0.15) is 0 Å². The smallest absolute Gasteiger partial charge is 0.337 e. The van der Waals surface area contributed by atoms with Gasteiger partial charge in [0, 0.05) is 24.4 Å². The number of hydrogen-bond donors (Lipinski definition) is 2. The van der Waals surface area contributed by atoms with Crippen LogP contribution in [0.3, 0.4) is 0 Å². The molecule has 2 N–H and O–H groups in total. The molecule has 0 radical (unpaired) electrons. The molecule has 1 heterocycles. The number of carbonyl (C=O) groups excluding carboxylic acids is 3. The highest BCUT2D eigenvalue weighted by Crippen LogP contribution is 2.32. The van der Waals surface area contributed by atoms with E-state index in [9.17, 15) is 14.4 Å². The van der Waals surface area contributed by atoms with Crippen LogP contribution in [0.1, 0.15) is 122 Å². The summed E-state index contributed by atoms with van der Waals surface area (Å²) in [6.07, 6.45) is 16.0. The van der Waals surface area contributed by atoms with Gasteiger partial charge < -0.3 is 15.4 Å². The first-order valence-corrected chi connectivity index (χ1v) is 14.7. The van der Waals surface area contributed by atoms with Crippen LogP contribution >= 0.6 is 0 Å². The molecule has 3 amide bonds. The maximum atomic E-state index is 12.9. The van der Waals surface area contributed by atoms with Gasteiger partial charge in [-0.05, 0) is 37.5 Å². The van der Waals surface area contributed by atoms with Crippen molar-refractivity contribution in [2.24, 2.45) is 0 Å². The molecule has 0 spiro atoms. The van der Waals surface area contributed by atoms with E-state index in [1.807, 2.05) is 24.3 Å². The van der Waals surface area contributed by atoms with Crippen LogP contribution in [-0.4, -0.2) is 36.5 Å². The highest BCUT2D eigenvalue weighted by Gasteiger charge is 2.36. The van der Waals surface area contributed by atoms with Crippen LogP contribution in [0, 0.1) is 0 Å². The Bertz CT molecular complexity index is 927. The average Bonchev–Trinajstić information content (AvgIpc) is 2.91. The maximum absolute atomic E-state index is 12.9. The summed E-state index contributed by atoms with van der Waals surface area (Å²) in [5.41, 5.74) is 2.39. The lowest BCUT2D eigenvalue weighted by atomic mass is 9.94. The number of benzene rings is 1. The first-order chi connectivity index (χ1) is 18.4. The quantitative estimate of drug-likeness (QED) is 0.152. The number of urea groups is 1. The van der Waals surface area contributed by atoms with Gasteiger partial charge in [-0.3, -0.25) is 9.69 Å². The van der Waals surface area contributed by atoms with Gasteiger partial charge >= 0.3 is 12.0 Å². The van der Waals surface area contributed by atoms with Gasteiger partial charge in [-0.2, -0.15) is 0 Å². The maximum Gasteiger partial charge on any atom is 0.337 e. The van der Waals surface area contributed by atoms with E-state index in [0.29, 0.717) is 29.9 Å². The summed E-state index contributed by atoms with van der Waals surface area (Å²) in [7, 11) is 1.35. The number of esters is 1. The minimum atomic E-state index is -0.642. The standard InChI is InChI=1S/C31H49N3O4/c1-5-7-9-10-11-12-13-14-15-16-17-21-27(35)32-26-20-18-19-25(23-26)29-28(30(36)38-4)24(3)34(22-8-6-2)31(37)33-29/h18-20,23,29H,5-17,21-22H2,1-4H3,(H,32,35)(H,33,37). The number of nitrogens with zero attached hydrogens (tertiary/aromatic N) is 1. The fourth-order valence-corrected chi connectivity index (χ4v) is 4.96.